The number of nitrogens with zero attached hydrogens (tertiary/aromatic N) is 4. The highest BCUT2D eigenvalue weighted by atomic mass is 16.6. The number of amides is 1. The molecule has 0 atom stereocenters. The summed E-state index contributed by atoms with van der Waals surface area (Å²) < 4.78 is 0. The van der Waals surface area contributed by atoms with E-state index < -0.39 is 10.8 Å². The molecule has 0 bridgehead atoms. The highest BCUT2D eigenvalue weighted by Crippen LogP contribution is 2.29. The van der Waals surface area contributed by atoms with E-state index in [2.05, 4.69) is 20.2 Å². The molecule has 1 fully saturated rings. The van der Waals surface area contributed by atoms with Gasteiger partial charge in [-0.1, -0.05) is 20.8 Å². The molecule has 2 aromatic rings. The van der Waals surface area contributed by atoms with E-state index in [1.807, 2.05) is 20.8 Å². The van der Waals surface area contributed by atoms with Crippen LogP contribution in [0.4, 0.5) is 17.1 Å². The van der Waals surface area contributed by atoms with E-state index in [4.69, 9.17) is 0 Å². The zero-order chi connectivity index (χ0) is 20.3. The summed E-state index contributed by atoms with van der Waals surface area (Å²) in [6.07, 6.45) is 6.36. The van der Waals surface area contributed by atoms with Crippen LogP contribution in [0.15, 0.2) is 30.6 Å². The zero-order valence-corrected chi connectivity index (χ0v) is 16.4. The molecule has 8 heteroatoms. The molecular weight excluding hydrogens is 358 g/mol. The first-order chi connectivity index (χ1) is 13.3. The third kappa shape index (κ3) is 4.44. The Hall–Kier alpha value is -3.03. The van der Waals surface area contributed by atoms with Gasteiger partial charge in [-0.15, -0.1) is 0 Å². The molecule has 148 valence electrons. The molecule has 1 aromatic carbocycles. The van der Waals surface area contributed by atoms with Gasteiger partial charge in [-0.3, -0.25) is 14.9 Å². The van der Waals surface area contributed by atoms with Crippen LogP contribution in [0.2, 0.25) is 0 Å². The summed E-state index contributed by atoms with van der Waals surface area (Å²) in [5, 5.41) is 14.0. The predicted octanol–water partition coefficient (Wildman–Crippen LogP) is 3.92. The topological polar surface area (TPSA) is 101 Å². The first-order valence-electron chi connectivity index (χ1n) is 9.43. The van der Waals surface area contributed by atoms with Gasteiger partial charge in [0.15, 0.2) is 0 Å². The molecule has 0 spiro atoms. The number of hydrogen-bond acceptors (Lipinski definition) is 6. The van der Waals surface area contributed by atoms with E-state index in [0.29, 0.717) is 11.5 Å². The molecular formula is C20H25N5O3. The quantitative estimate of drug-likeness (QED) is 0.634. The van der Waals surface area contributed by atoms with Gasteiger partial charge in [0, 0.05) is 30.6 Å². The number of carbonyl (C=O) groups excluding carboxylic acids is 1. The summed E-state index contributed by atoms with van der Waals surface area (Å²) in [7, 11) is 0. The molecule has 0 radical (unpaired) electrons. The van der Waals surface area contributed by atoms with Crippen molar-refractivity contribution in [3.63, 3.8) is 0 Å². The molecule has 0 unspecified atom stereocenters. The van der Waals surface area contributed by atoms with Crippen LogP contribution >= 0.6 is 0 Å². The largest absolute Gasteiger partial charge is 0.371 e. The molecule has 1 N–H and O–H groups in total. The Morgan fingerprint density at radius 2 is 1.79 bits per heavy atom. The molecule has 1 aliphatic rings. The number of nitrogens with one attached hydrogen (secondary N) is 1. The number of anilines is 2. The average molecular weight is 383 g/mol. The first kappa shape index (κ1) is 19.7. The van der Waals surface area contributed by atoms with Crippen LogP contribution in [0.25, 0.3) is 0 Å². The van der Waals surface area contributed by atoms with Crippen LogP contribution in [0.5, 0.6) is 0 Å². The Labute approximate surface area is 164 Å². The molecule has 1 amide bonds. The van der Waals surface area contributed by atoms with Gasteiger partial charge in [0.2, 0.25) is 0 Å². The lowest BCUT2D eigenvalue weighted by Crippen LogP contribution is -2.31. The standard InChI is InChI=1S/C20H25N5O3/c1-20(2,3)19-21-12-14(13-22-19)23-18(26)16-11-15(25(27)28)7-8-17(16)24-9-5-4-6-10-24/h7-8,11-13H,4-6,9-10H2,1-3H3,(H,23,26). The molecule has 1 saturated heterocycles. The predicted molar refractivity (Wildman–Crippen MR) is 108 cm³/mol. The Kier molecular flexibility index (Phi) is 5.58. The number of carbonyl (C=O) groups is 1. The summed E-state index contributed by atoms with van der Waals surface area (Å²) in [4.78, 5) is 34.4. The molecule has 8 nitrogen and oxygen atoms in total. The maximum absolute atomic E-state index is 12.9. The van der Waals surface area contributed by atoms with Crippen LogP contribution in [0.3, 0.4) is 0 Å². The summed E-state index contributed by atoms with van der Waals surface area (Å²) >= 11 is 0. The lowest BCUT2D eigenvalue weighted by Gasteiger charge is -2.30. The number of aromatic nitrogens is 2. The number of nitro groups is 1. The minimum atomic E-state index is -0.488. The smallest absolute Gasteiger partial charge is 0.270 e. The fraction of sp³-hybridized carbons (Fsp3) is 0.450. The van der Waals surface area contributed by atoms with Gasteiger partial charge in [-0.2, -0.15) is 0 Å². The molecule has 28 heavy (non-hydrogen) atoms. The Morgan fingerprint density at radius 1 is 1.14 bits per heavy atom. The maximum Gasteiger partial charge on any atom is 0.270 e. The minimum absolute atomic E-state index is 0.106. The number of benzene rings is 1. The van der Waals surface area contributed by atoms with Gasteiger partial charge in [-0.25, -0.2) is 9.97 Å². The molecule has 1 aromatic heterocycles. The van der Waals surface area contributed by atoms with Crippen molar-refractivity contribution in [3.05, 3.63) is 52.1 Å². The molecule has 1 aliphatic heterocycles. The van der Waals surface area contributed by atoms with Gasteiger partial charge >= 0.3 is 0 Å². The number of piperidine rings is 1. The number of hydrogen-bond donors (Lipinski definition) is 1. The normalized spacial score (nSPS) is 14.6. The second-order valence-corrected chi connectivity index (χ2v) is 8.01. The van der Waals surface area contributed by atoms with Crippen LogP contribution in [-0.2, 0) is 5.41 Å². The minimum Gasteiger partial charge on any atom is -0.371 e. The van der Waals surface area contributed by atoms with Crippen molar-refractivity contribution in [2.24, 2.45) is 0 Å². The maximum atomic E-state index is 12.9. The van der Waals surface area contributed by atoms with Gasteiger partial charge in [0.05, 0.1) is 34.3 Å². The van der Waals surface area contributed by atoms with E-state index in [9.17, 15) is 14.9 Å². The third-order valence-corrected chi connectivity index (χ3v) is 4.71. The Bertz CT molecular complexity index is 868. The van der Waals surface area contributed by atoms with E-state index in [0.717, 1.165) is 38.0 Å². The second-order valence-electron chi connectivity index (χ2n) is 8.01. The van der Waals surface area contributed by atoms with Gasteiger partial charge < -0.3 is 10.2 Å². The number of nitro benzene ring substituents is 1. The average Bonchev–Trinajstić information content (AvgIpc) is 2.68. The van der Waals surface area contributed by atoms with Crippen molar-refractivity contribution in [1.29, 1.82) is 0 Å². The second kappa shape index (κ2) is 7.92. The summed E-state index contributed by atoms with van der Waals surface area (Å²) in [5.74, 6) is 0.270. The summed E-state index contributed by atoms with van der Waals surface area (Å²) in [6, 6.07) is 4.45. The van der Waals surface area contributed by atoms with Crippen molar-refractivity contribution in [1.82, 2.24) is 9.97 Å². The zero-order valence-electron chi connectivity index (χ0n) is 16.4. The fourth-order valence-electron chi connectivity index (χ4n) is 3.21. The fourth-order valence-corrected chi connectivity index (χ4v) is 3.21. The van der Waals surface area contributed by atoms with E-state index in [-0.39, 0.29) is 16.7 Å². The summed E-state index contributed by atoms with van der Waals surface area (Å²) in [5.41, 5.74) is 1.16. The number of rotatable bonds is 4. The van der Waals surface area contributed by atoms with Crippen LogP contribution in [0, 0.1) is 10.1 Å². The number of non-ortho nitro benzene ring substituents is 1. The van der Waals surface area contributed by atoms with E-state index in [1.165, 1.54) is 12.1 Å². The van der Waals surface area contributed by atoms with Crippen LogP contribution < -0.4 is 10.2 Å². The SMILES string of the molecule is CC(C)(C)c1ncc(NC(=O)c2cc([N+](=O)[O-])ccc2N2CCCCC2)cn1. The van der Waals surface area contributed by atoms with Gasteiger partial charge in [-0.05, 0) is 25.3 Å². The molecule has 0 aliphatic carbocycles. The molecule has 2 heterocycles. The van der Waals surface area contributed by atoms with Crippen molar-refractivity contribution in [2.45, 2.75) is 45.4 Å². The lowest BCUT2D eigenvalue weighted by molar-refractivity contribution is -0.384. The van der Waals surface area contributed by atoms with Gasteiger partial charge in [0.25, 0.3) is 11.6 Å². The van der Waals surface area contributed by atoms with Crippen molar-refractivity contribution in [2.75, 3.05) is 23.3 Å². The molecule has 3 rings (SSSR count). The molecule has 0 saturated carbocycles. The monoisotopic (exact) mass is 383 g/mol. The van der Waals surface area contributed by atoms with Crippen LogP contribution in [-0.4, -0.2) is 33.9 Å². The van der Waals surface area contributed by atoms with Crippen molar-refractivity contribution in [3.8, 4) is 0 Å². The van der Waals surface area contributed by atoms with E-state index in [1.54, 1.807) is 18.5 Å². The highest BCUT2D eigenvalue weighted by Gasteiger charge is 2.22. The first-order valence-corrected chi connectivity index (χ1v) is 9.43. The van der Waals surface area contributed by atoms with Crippen molar-refractivity contribution < 1.29 is 9.72 Å². The van der Waals surface area contributed by atoms with E-state index >= 15 is 0 Å². The van der Waals surface area contributed by atoms with Crippen molar-refractivity contribution >= 4 is 23.0 Å². The summed E-state index contributed by atoms with van der Waals surface area (Å²) in [6.45, 7) is 7.70. The van der Waals surface area contributed by atoms with Gasteiger partial charge in [0.1, 0.15) is 5.82 Å². The van der Waals surface area contributed by atoms with Crippen LogP contribution in [0.1, 0.15) is 56.2 Å². The lowest BCUT2D eigenvalue weighted by atomic mass is 9.96. The Morgan fingerprint density at radius 3 is 2.36 bits per heavy atom. The third-order valence-electron chi connectivity index (χ3n) is 4.71. The highest BCUT2D eigenvalue weighted by molar-refractivity contribution is 6.08. The Balaban J connectivity index is 1.88.